The van der Waals surface area contributed by atoms with Crippen LogP contribution in [-0.2, 0) is 11.2 Å². The number of hydrogen-bond donors (Lipinski definition) is 1. The first kappa shape index (κ1) is 8.74. The Kier molecular flexibility index (Phi) is 1.96. The number of aliphatic carboxylic acids is 1. The number of furan rings is 1. The quantitative estimate of drug-likeness (QED) is 0.797. The molecule has 4 heteroatoms. The highest BCUT2D eigenvalue weighted by Crippen LogP contribution is 2.23. The molecule has 0 saturated carbocycles. The summed E-state index contributed by atoms with van der Waals surface area (Å²) >= 11 is 0. The van der Waals surface area contributed by atoms with E-state index in [1.807, 2.05) is 0 Å². The Labute approximate surface area is 78.8 Å². The maximum atomic E-state index is 13.2. The van der Waals surface area contributed by atoms with Gasteiger partial charge in [-0.25, -0.2) is 4.39 Å². The first-order chi connectivity index (χ1) is 6.68. The van der Waals surface area contributed by atoms with Crippen molar-refractivity contribution in [1.29, 1.82) is 0 Å². The molecule has 0 bridgehead atoms. The van der Waals surface area contributed by atoms with Gasteiger partial charge in [-0.05, 0) is 18.2 Å². The molecule has 0 aliphatic rings. The molecule has 1 aromatic carbocycles. The van der Waals surface area contributed by atoms with Crippen LogP contribution in [0.4, 0.5) is 4.39 Å². The molecular formula is C10H7FO3. The number of rotatable bonds is 2. The molecule has 0 aliphatic carbocycles. The molecular weight excluding hydrogens is 187 g/mol. The molecule has 0 amide bonds. The fourth-order valence-corrected chi connectivity index (χ4v) is 1.38. The highest BCUT2D eigenvalue weighted by molar-refractivity contribution is 5.84. The molecule has 0 saturated heterocycles. The molecule has 2 rings (SSSR count). The first-order valence-electron chi connectivity index (χ1n) is 4.05. The maximum Gasteiger partial charge on any atom is 0.308 e. The van der Waals surface area contributed by atoms with Crippen LogP contribution in [0.5, 0.6) is 0 Å². The van der Waals surface area contributed by atoms with Crippen LogP contribution in [0.25, 0.3) is 11.0 Å². The van der Waals surface area contributed by atoms with Gasteiger partial charge in [-0.3, -0.25) is 4.79 Å². The fraction of sp³-hybridized carbons (Fsp3) is 0.100. The normalized spacial score (nSPS) is 10.6. The van der Waals surface area contributed by atoms with Gasteiger partial charge in [-0.2, -0.15) is 0 Å². The smallest absolute Gasteiger partial charge is 0.308 e. The van der Waals surface area contributed by atoms with E-state index in [4.69, 9.17) is 9.52 Å². The van der Waals surface area contributed by atoms with Gasteiger partial charge in [-0.15, -0.1) is 0 Å². The number of benzene rings is 1. The van der Waals surface area contributed by atoms with E-state index in [0.29, 0.717) is 11.0 Å². The first-order valence-corrected chi connectivity index (χ1v) is 4.05. The predicted octanol–water partition coefficient (Wildman–Crippen LogP) is 2.20. The topological polar surface area (TPSA) is 50.4 Å². The zero-order chi connectivity index (χ0) is 10.1. The average molecular weight is 194 g/mol. The lowest BCUT2D eigenvalue weighted by Crippen LogP contribution is -2.02. The second-order valence-corrected chi connectivity index (χ2v) is 2.94. The largest absolute Gasteiger partial charge is 0.481 e. The third-order valence-corrected chi connectivity index (χ3v) is 2.00. The average Bonchev–Trinajstić information content (AvgIpc) is 2.57. The highest BCUT2D eigenvalue weighted by Gasteiger charge is 2.13. The van der Waals surface area contributed by atoms with Crippen molar-refractivity contribution >= 4 is 16.9 Å². The number of fused-ring (bicyclic) bond motifs is 1. The molecule has 14 heavy (non-hydrogen) atoms. The molecule has 2 aromatic rings. The minimum absolute atomic E-state index is 0.0972. The van der Waals surface area contributed by atoms with E-state index in [2.05, 4.69) is 0 Å². The van der Waals surface area contributed by atoms with Crippen LogP contribution in [0, 0.1) is 5.82 Å². The number of halogens is 1. The summed E-state index contributed by atoms with van der Waals surface area (Å²) in [5.41, 5.74) is 0.410. The van der Waals surface area contributed by atoms with Gasteiger partial charge in [0.2, 0.25) is 0 Å². The SMILES string of the molecule is O=C(O)Cc1c(F)ccc2ccoc12. The van der Waals surface area contributed by atoms with E-state index < -0.39 is 11.8 Å². The van der Waals surface area contributed by atoms with E-state index in [1.54, 1.807) is 12.1 Å². The Morgan fingerprint density at radius 1 is 1.43 bits per heavy atom. The molecule has 72 valence electrons. The lowest BCUT2D eigenvalue weighted by atomic mass is 10.1. The van der Waals surface area contributed by atoms with Gasteiger partial charge in [0.05, 0.1) is 12.7 Å². The lowest BCUT2D eigenvalue weighted by Gasteiger charge is -2.00. The molecule has 0 radical (unpaired) electrons. The van der Waals surface area contributed by atoms with Crippen LogP contribution in [-0.4, -0.2) is 11.1 Å². The summed E-state index contributed by atoms with van der Waals surface area (Å²) in [5.74, 6) is -1.62. The molecule has 1 aromatic heterocycles. The summed E-state index contributed by atoms with van der Waals surface area (Å²) in [6.07, 6.45) is 1.05. The second-order valence-electron chi connectivity index (χ2n) is 2.94. The minimum atomic E-state index is -1.08. The summed E-state index contributed by atoms with van der Waals surface area (Å²) in [6.45, 7) is 0. The van der Waals surface area contributed by atoms with Crippen molar-refractivity contribution in [2.45, 2.75) is 6.42 Å². The highest BCUT2D eigenvalue weighted by atomic mass is 19.1. The van der Waals surface area contributed by atoms with Gasteiger partial charge in [0.1, 0.15) is 11.4 Å². The van der Waals surface area contributed by atoms with Crippen molar-refractivity contribution in [2.24, 2.45) is 0 Å². The van der Waals surface area contributed by atoms with Gasteiger partial charge in [0, 0.05) is 10.9 Å². The van der Waals surface area contributed by atoms with Gasteiger partial charge in [0.15, 0.2) is 0 Å². The van der Waals surface area contributed by atoms with E-state index in [0.717, 1.165) is 0 Å². The van der Waals surface area contributed by atoms with E-state index in [9.17, 15) is 9.18 Å². The molecule has 0 aliphatic heterocycles. The molecule has 1 N–H and O–H groups in total. The van der Waals surface area contributed by atoms with Gasteiger partial charge in [0.25, 0.3) is 0 Å². The van der Waals surface area contributed by atoms with Gasteiger partial charge >= 0.3 is 5.97 Å². The van der Waals surface area contributed by atoms with Crippen LogP contribution in [0.15, 0.2) is 28.9 Å². The monoisotopic (exact) mass is 194 g/mol. The molecule has 0 unspecified atom stereocenters. The summed E-state index contributed by atoms with van der Waals surface area (Å²) in [6, 6.07) is 4.47. The molecule has 3 nitrogen and oxygen atoms in total. The zero-order valence-corrected chi connectivity index (χ0v) is 7.16. The van der Waals surface area contributed by atoms with Gasteiger partial charge < -0.3 is 9.52 Å². The number of carbonyl (C=O) groups is 1. The Bertz CT molecular complexity index is 487. The maximum absolute atomic E-state index is 13.2. The second kappa shape index (κ2) is 3.14. The van der Waals surface area contributed by atoms with E-state index in [-0.39, 0.29) is 12.0 Å². The van der Waals surface area contributed by atoms with Crippen molar-refractivity contribution in [3.8, 4) is 0 Å². The van der Waals surface area contributed by atoms with Crippen LogP contribution in [0.1, 0.15) is 5.56 Å². The van der Waals surface area contributed by atoms with Gasteiger partial charge in [-0.1, -0.05) is 0 Å². The molecule has 0 atom stereocenters. The van der Waals surface area contributed by atoms with Crippen LogP contribution in [0.3, 0.4) is 0 Å². The summed E-state index contributed by atoms with van der Waals surface area (Å²) < 4.78 is 18.3. The van der Waals surface area contributed by atoms with E-state index >= 15 is 0 Å². The van der Waals surface area contributed by atoms with Crippen molar-refractivity contribution in [1.82, 2.24) is 0 Å². The van der Waals surface area contributed by atoms with Crippen molar-refractivity contribution in [2.75, 3.05) is 0 Å². The number of carboxylic acids is 1. The van der Waals surface area contributed by atoms with E-state index in [1.165, 1.54) is 12.3 Å². The Morgan fingerprint density at radius 2 is 2.21 bits per heavy atom. The summed E-state index contributed by atoms with van der Waals surface area (Å²) in [4.78, 5) is 10.5. The minimum Gasteiger partial charge on any atom is -0.481 e. The van der Waals surface area contributed by atoms with Crippen LogP contribution >= 0.6 is 0 Å². The van der Waals surface area contributed by atoms with Crippen LogP contribution in [0.2, 0.25) is 0 Å². The zero-order valence-electron chi connectivity index (χ0n) is 7.16. The lowest BCUT2D eigenvalue weighted by molar-refractivity contribution is -0.136. The summed E-state index contributed by atoms with van der Waals surface area (Å²) in [7, 11) is 0. The molecule has 0 fully saturated rings. The van der Waals surface area contributed by atoms with Crippen LogP contribution < -0.4 is 0 Å². The number of hydrogen-bond acceptors (Lipinski definition) is 2. The third kappa shape index (κ3) is 1.35. The van der Waals surface area contributed by atoms with Crippen molar-refractivity contribution < 1.29 is 18.7 Å². The van der Waals surface area contributed by atoms with Crippen molar-refractivity contribution in [3.05, 3.63) is 35.8 Å². The molecule has 0 spiro atoms. The van der Waals surface area contributed by atoms with Crippen molar-refractivity contribution in [3.63, 3.8) is 0 Å². The molecule has 1 heterocycles. The fourth-order valence-electron chi connectivity index (χ4n) is 1.38. The third-order valence-electron chi connectivity index (χ3n) is 2.00. The Balaban J connectivity index is 2.64. The predicted molar refractivity (Wildman–Crippen MR) is 47.5 cm³/mol. The Hall–Kier alpha value is -1.84. The standard InChI is InChI=1S/C10H7FO3/c11-8-2-1-6-3-4-14-10(6)7(8)5-9(12)13/h1-4H,5H2,(H,12,13). The summed E-state index contributed by atoms with van der Waals surface area (Å²) in [5, 5.41) is 9.29. The number of carboxylic acid groups (broad SMARTS) is 1. The Morgan fingerprint density at radius 3 is 2.93 bits per heavy atom.